The number of H-pyrrole nitrogens is 1. The molecule has 0 radical (unpaired) electrons. The number of pyridine rings is 1. The van der Waals surface area contributed by atoms with E-state index in [0.717, 1.165) is 35.9 Å². The Hall–Kier alpha value is -5.76. The van der Waals surface area contributed by atoms with E-state index in [1.54, 1.807) is 40.1 Å². The maximum atomic E-state index is 16.7. The number of benzene rings is 2. The molecule has 0 atom stereocenters. The van der Waals surface area contributed by atoms with Crippen molar-refractivity contribution in [3.63, 3.8) is 0 Å². The van der Waals surface area contributed by atoms with E-state index in [4.69, 9.17) is 14.5 Å². The molecule has 14 heteroatoms. The van der Waals surface area contributed by atoms with Crippen molar-refractivity contribution in [1.29, 1.82) is 0 Å². The number of carbonyl (C=O) groups excluding carboxylic acids is 2. The molecule has 2 fully saturated rings. The van der Waals surface area contributed by atoms with Crippen LogP contribution in [0.3, 0.4) is 0 Å². The van der Waals surface area contributed by atoms with Crippen LogP contribution in [0.1, 0.15) is 30.3 Å². The third kappa shape index (κ3) is 7.06. The van der Waals surface area contributed by atoms with Crippen molar-refractivity contribution in [3.05, 3.63) is 90.1 Å². The second-order valence-corrected chi connectivity index (χ2v) is 13.4. The molecule has 2 amide bonds. The molecular weight excluding hydrogens is 677 g/mol. The first-order valence-electron chi connectivity index (χ1n) is 18.1. The van der Waals surface area contributed by atoms with Gasteiger partial charge in [0.2, 0.25) is 5.91 Å². The summed E-state index contributed by atoms with van der Waals surface area (Å²) in [5, 5.41) is 8.34. The van der Waals surface area contributed by atoms with E-state index in [0.29, 0.717) is 86.9 Å². The van der Waals surface area contributed by atoms with Crippen molar-refractivity contribution in [2.24, 2.45) is 0 Å². The molecule has 0 saturated carbocycles. The predicted octanol–water partition coefficient (Wildman–Crippen LogP) is 4.72. The van der Waals surface area contributed by atoms with Crippen molar-refractivity contribution in [2.45, 2.75) is 19.4 Å². The quantitative estimate of drug-likeness (QED) is 0.230. The van der Waals surface area contributed by atoms with Crippen LogP contribution in [0.5, 0.6) is 5.75 Å². The number of aromatic nitrogens is 5. The number of para-hydroxylation sites is 1. The monoisotopic (exact) mass is 721 g/mol. The number of amides is 2. The normalized spacial score (nSPS) is 16.6. The van der Waals surface area contributed by atoms with Gasteiger partial charge in [0.1, 0.15) is 23.1 Å². The maximum absolute atomic E-state index is 16.7. The SMILES string of the molecule is COc1ccccc1-c1cc(C2=CCCN(C(=O)CCn3ccnn3)C2)c(F)c2[nH]c(C(=O)N3CCN(c4cccc(N5CCOCC5)n4)CC3)cc12.[HH]. The highest BCUT2D eigenvalue weighted by molar-refractivity contribution is 6.05. The minimum atomic E-state index is -0.461. The summed E-state index contributed by atoms with van der Waals surface area (Å²) in [5.74, 6) is 1.76. The number of ether oxygens (including phenoxy) is 2. The zero-order chi connectivity index (χ0) is 36.3. The van der Waals surface area contributed by atoms with Crippen LogP contribution in [0.25, 0.3) is 27.6 Å². The first kappa shape index (κ1) is 34.3. The van der Waals surface area contributed by atoms with Gasteiger partial charge in [0, 0.05) is 82.9 Å². The number of morpholine rings is 1. The van der Waals surface area contributed by atoms with Crippen LogP contribution in [-0.4, -0.2) is 119 Å². The minimum Gasteiger partial charge on any atom is -0.496 e. The molecule has 2 aromatic carbocycles. The number of aryl methyl sites for hydroxylation is 1. The number of carbonyl (C=O) groups is 2. The van der Waals surface area contributed by atoms with E-state index >= 15 is 4.39 Å². The van der Waals surface area contributed by atoms with E-state index in [1.165, 1.54) is 0 Å². The molecule has 8 rings (SSSR count). The highest BCUT2D eigenvalue weighted by atomic mass is 19.1. The molecule has 6 heterocycles. The summed E-state index contributed by atoms with van der Waals surface area (Å²) in [5.41, 5.74) is 3.16. The van der Waals surface area contributed by atoms with Gasteiger partial charge in [-0.1, -0.05) is 35.6 Å². The average molecular weight is 722 g/mol. The van der Waals surface area contributed by atoms with Gasteiger partial charge in [0.05, 0.1) is 38.6 Å². The summed E-state index contributed by atoms with van der Waals surface area (Å²) in [6, 6.07) is 17.2. The van der Waals surface area contributed by atoms with Crippen molar-refractivity contribution in [2.75, 3.05) is 82.5 Å². The lowest BCUT2D eigenvalue weighted by Crippen LogP contribution is -2.49. The van der Waals surface area contributed by atoms with Crippen LogP contribution in [0.15, 0.2) is 73.1 Å². The standard InChI is InChI=1S/C39H42FN9O4.H2/c1-52-33-8-3-2-7-28(33)30-24-29(27-6-5-13-48(26-27)36(50)11-14-49-15-12-41-44-49)37(40)38-31(30)25-32(42-38)39(51)47-18-16-45(17-19-47)34-9-4-10-35(43-34)46-20-22-53-23-21-46;/h2-4,6-10,12,15,24-25,42H,5,11,13-14,16-23,26H2,1H3;1H. The number of hydrogen-bond donors (Lipinski definition) is 1. The Morgan fingerprint density at radius 1 is 0.906 bits per heavy atom. The fourth-order valence-electron chi connectivity index (χ4n) is 7.44. The Balaban J connectivity index is 0.00000450. The highest BCUT2D eigenvalue weighted by Crippen LogP contribution is 2.40. The number of rotatable bonds is 9. The molecule has 0 spiro atoms. The Morgan fingerprint density at radius 2 is 1.68 bits per heavy atom. The molecule has 0 bridgehead atoms. The van der Waals surface area contributed by atoms with Crippen molar-refractivity contribution in [1.82, 2.24) is 34.8 Å². The fourth-order valence-corrected chi connectivity index (χ4v) is 7.44. The molecule has 5 aromatic rings. The Kier molecular flexibility index (Phi) is 9.76. The van der Waals surface area contributed by atoms with Gasteiger partial charge >= 0.3 is 0 Å². The summed E-state index contributed by atoms with van der Waals surface area (Å²) in [4.78, 5) is 43.3. The number of nitrogens with one attached hydrogen (secondary N) is 1. The Morgan fingerprint density at radius 3 is 2.43 bits per heavy atom. The molecule has 1 N–H and O–H groups in total. The van der Waals surface area contributed by atoms with Crippen molar-refractivity contribution < 1.29 is 24.9 Å². The minimum absolute atomic E-state index is 0. The number of methoxy groups -OCH3 is 1. The van der Waals surface area contributed by atoms with Gasteiger partial charge in [-0.05, 0) is 47.9 Å². The van der Waals surface area contributed by atoms with Gasteiger partial charge in [-0.25, -0.2) is 9.37 Å². The van der Waals surface area contributed by atoms with Crippen molar-refractivity contribution in [3.8, 4) is 16.9 Å². The van der Waals surface area contributed by atoms with Crippen LogP contribution in [0.2, 0.25) is 0 Å². The van der Waals surface area contributed by atoms with E-state index in [1.807, 2.05) is 54.6 Å². The molecule has 0 unspecified atom stereocenters. The summed E-state index contributed by atoms with van der Waals surface area (Å²) in [6.45, 7) is 6.48. The molecule has 3 aromatic heterocycles. The molecule has 276 valence electrons. The van der Waals surface area contributed by atoms with Crippen molar-refractivity contribution >= 4 is 39.9 Å². The van der Waals surface area contributed by atoms with Crippen LogP contribution in [-0.2, 0) is 16.1 Å². The molecule has 0 aliphatic carbocycles. The number of fused-ring (bicyclic) bond motifs is 1. The Labute approximate surface area is 308 Å². The zero-order valence-electron chi connectivity index (χ0n) is 29.7. The van der Waals surface area contributed by atoms with Gasteiger partial charge in [-0.15, -0.1) is 5.10 Å². The van der Waals surface area contributed by atoms with Gasteiger partial charge in [0.15, 0.2) is 5.82 Å². The first-order chi connectivity index (χ1) is 26.0. The van der Waals surface area contributed by atoms with Crippen LogP contribution < -0.4 is 14.5 Å². The largest absolute Gasteiger partial charge is 0.496 e. The second-order valence-electron chi connectivity index (χ2n) is 13.4. The summed E-state index contributed by atoms with van der Waals surface area (Å²) in [7, 11) is 1.60. The Bertz CT molecular complexity index is 2140. The number of aromatic amines is 1. The lowest BCUT2D eigenvalue weighted by Gasteiger charge is -2.36. The van der Waals surface area contributed by atoms with E-state index in [2.05, 4.69) is 25.1 Å². The van der Waals surface area contributed by atoms with E-state index < -0.39 is 5.82 Å². The third-order valence-corrected chi connectivity index (χ3v) is 10.3. The van der Waals surface area contributed by atoms with Gasteiger partial charge in [0.25, 0.3) is 5.91 Å². The molecule has 53 heavy (non-hydrogen) atoms. The van der Waals surface area contributed by atoms with E-state index in [-0.39, 0.29) is 31.7 Å². The van der Waals surface area contributed by atoms with Gasteiger partial charge in [-0.3, -0.25) is 14.3 Å². The summed E-state index contributed by atoms with van der Waals surface area (Å²) >= 11 is 0. The zero-order valence-corrected chi connectivity index (χ0v) is 29.7. The fraction of sp³-hybridized carbons (Fsp3) is 0.359. The summed E-state index contributed by atoms with van der Waals surface area (Å²) < 4.78 is 29.6. The highest BCUT2D eigenvalue weighted by Gasteiger charge is 2.28. The third-order valence-electron chi connectivity index (χ3n) is 10.3. The second kappa shape index (κ2) is 15.1. The molecule has 13 nitrogen and oxygen atoms in total. The molecule has 3 aliphatic heterocycles. The smallest absolute Gasteiger partial charge is 0.270 e. The number of hydrogen-bond acceptors (Lipinski definition) is 9. The molecule has 2 saturated heterocycles. The topological polar surface area (TPSA) is 125 Å². The first-order valence-corrected chi connectivity index (χ1v) is 18.1. The maximum Gasteiger partial charge on any atom is 0.270 e. The molecular formula is C39H44FN9O4. The van der Waals surface area contributed by atoms with E-state index in [9.17, 15) is 9.59 Å². The summed E-state index contributed by atoms with van der Waals surface area (Å²) in [6.07, 6.45) is 6.16. The lowest BCUT2D eigenvalue weighted by atomic mass is 9.93. The molecule has 3 aliphatic rings. The lowest BCUT2D eigenvalue weighted by molar-refractivity contribution is -0.131. The van der Waals surface area contributed by atoms with Crippen LogP contribution in [0, 0.1) is 5.82 Å². The number of nitrogens with zero attached hydrogens (tertiary/aromatic N) is 8. The van der Waals surface area contributed by atoms with Crippen LogP contribution >= 0.6 is 0 Å². The number of anilines is 2. The van der Waals surface area contributed by atoms with Gasteiger partial charge in [-0.2, -0.15) is 0 Å². The predicted molar refractivity (Wildman–Crippen MR) is 202 cm³/mol. The number of piperazine rings is 1. The van der Waals surface area contributed by atoms with Crippen LogP contribution in [0.4, 0.5) is 16.0 Å². The number of halogens is 1. The average Bonchev–Trinajstić information content (AvgIpc) is 3.92. The van der Waals surface area contributed by atoms with Gasteiger partial charge < -0.3 is 34.1 Å².